The fourth-order valence-electron chi connectivity index (χ4n) is 3.68. The first-order valence-electron chi connectivity index (χ1n) is 7.55. The Kier molecular flexibility index (Phi) is 3.38. The van der Waals surface area contributed by atoms with Crippen molar-refractivity contribution >= 4 is 27.4 Å². The molecule has 3 heteroatoms. The summed E-state index contributed by atoms with van der Waals surface area (Å²) in [5, 5.41) is 0. The molecule has 0 radical (unpaired) electrons. The number of benzene rings is 2. The highest BCUT2D eigenvalue weighted by Crippen LogP contribution is 2.43. The molecule has 1 fully saturated rings. The maximum Gasteiger partial charge on any atom is 0.177 e. The largest absolute Gasteiger partial charge is 0.354 e. The topological polar surface area (TPSA) is 20.3 Å². The molecule has 1 saturated heterocycles. The Morgan fingerprint density at radius 1 is 1.00 bits per heavy atom. The first-order valence-corrected chi connectivity index (χ1v) is 8.34. The SMILES string of the molecule is O=C1C=CC2C(c3ccc(Br)cc3)CC1N2c1ccccc1. The second kappa shape index (κ2) is 5.40. The molecule has 2 aromatic rings. The zero-order chi connectivity index (χ0) is 15.1. The number of para-hydroxylation sites is 1. The van der Waals surface area contributed by atoms with Gasteiger partial charge < -0.3 is 4.90 Å². The maximum absolute atomic E-state index is 12.3. The predicted molar refractivity (Wildman–Crippen MR) is 92.1 cm³/mol. The van der Waals surface area contributed by atoms with E-state index in [1.807, 2.05) is 18.2 Å². The van der Waals surface area contributed by atoms with Crippen molar-refractivity contribution in [3.8, 4) is 0 Å². The van der Waals surface area contributed by atoms with Gasteiger partial charge in [0.25, 0.3) is 0 Å². The quantitative estimate of drug-likeness (QED) is 0.801. The number of fused-ring (bicyclic) bond motifs is 2. The van der Waals surface area contributed by atoms with Crippen LogP contribution in [0.4, 0.5) is 5.69 Å². The second-order valence-corrected chi connectivity index (χ2v) is 6.82. The van der Waals surface area contributed by atoms with E-state index in [1.165, 1.54) is 5.56 Å². The molecular weight excluding hydrogens is 338 g/mol. The number of carbonyl (C=O) groups is 1. The van der Waals surface area contributed by atoms with Crippen molar-refractivity contribution in [1.29, 1.82) is 0 Å². The van der Waals surface area contributed by atoms with Gasteiger partial charge in [-0.1, -0.05) is 52.3 Å². The highest BCUT2D eigenvalue weighted by Gasteiger charge is 2.45. The average Bonchev–Trinajstić information content (AvgIpc) is 2.85. The lowest BCUT2D eigenvalue weighted by Crippen LogP contribution is -2.43. The normalized spacial score (nSPS) is 26.5. The molecule has 22 heavy (non-hydrogen) atoms. The minimum atomic E-state index is -0.0361. The molecule has 2 aliphatic heterocycles. The Labute approximate surface area is 138 Å². The van der Waals surface area contributed by atoms with E-state index >= 15 is 0 Å². The summed E-state index contributed by atoms with van der Waals surface area (Å²) >= 11 is 3.49. The zero-order valence-electron chi connectivity index (χ0n) is 12.0. The Morgan fingerprint density at radius 2 is 1.73 bits per heavy atom. The minimum absolute atomic E-state index is 0.0361. The van der Waals surface area contributed by atoms with Crippen LogP contribution >= 0.6 is 15.9 Å². The van der Waals surface area contributed by atoms with Crippen LogP contribution in [0.2, 0.25) is 0 Å². The fourth-order valence-corrected chi connectivity index (χ4v) is 3.94. The van der Waals surface area contributed by atoms with Gasteiger partial charge in [-0.2, -0.15) is 0 Å². The molecule has 0 aliphatic carbocycles. The van der Waals surface area contributed by atoms with Gasteiger partial charge in [0.15, 0.2) is 5.78 Å². The van der Waals surface area contributed by atoms with Gasteiger partial charge >= 0.3 is 0 Å². The lowest BCUT2D eigenvalue weighted by molar-refractivity contribution is -0.115. The molecule has 2 aliphatic rings. The summed E-state index contributed by atoms with van der Waals surface area (Å²) in [6.45, 7) is 0. The first-order chi connectivity index (χ1) is 10.7. The maximum atomic E-state index is 12.3. The molecule has 0 amide bonds. The molecular formula is C19H16BrNO. The Balaban J connectivity index is 1.74. The van der Waals surface area contributed by atoms with E-state index < -0.39 is 0 Å². The molecule has 0 spiro atoms. The van der Waals surface area contributed by atoms with E-state index in [2.05, 4.69) is 63.3 Å². The van der Waals surface area contributed by atoms with Crippen LogP contribution in [0.1, 0.15) is 17.9 Å². The van der Waals surface area contributed by atoms with Crippen LogP contribution in [-0.2, 0) is 4.79 Å². The summed E-state index contributed by atoms with van der Waals surface area (Å²) in [7, 11) is 0. The summed E-state index contributed by atoms with van der Waals surface area (Å²) in [6, 6.07) is 19.0. The number of ketones is 1. The third kappa shape index (κ3) is 2.20. The van der Waals surface area contributed by atoms with Gasteiger partial charge in [0.05, 0.1) is 12.1 Å². The number of halogens is 1. The number of hydrogen-bond donors (Lipinski definition) is 0. The Bertz CT molecular complexity index is 723. The van der Waals surface area contributed by atoms with Crippen molar-refractivity contribution in [2.24, 2.45) is 0 Å². The van der Waals surface area contributed by atoms with E-state index in [9.17, 15) is 4.79 Å². The molecule has 0 aromatic heterocycles. The third-order valence-electron chi connectivity index (χ3n) is 4.69. The summed E-state index contributed by atoms with van der Waals surface area (Å²) in [5.74, 6) is 0.584. The zero-order valence-corrected chi connectivity index (χ0v) is 13.6. The molecule has 0 N–H and O–H groups in total. The standard InChI is InChI=1S/C19H16BrNO/c20-14-8-6-13(7-9-14)16-12-18-19(22)11-10-17(16)21(18)15-4-2-1-3-5-15/h1-11,16-18H,12H2. The van der Waals surface area contributed by atoms with Crippen LogP contribution in [0.5, 0.6) is 0 Å². The highest BCUT2D eigenvalue weighted by molar-refractivity contribution is 9.10. The molecule has 110 valence electrons. The monoisotopic (exact) mass is 353 g/mol. The number of rotatable bonds is 2. The van der Waals surface area contributed by atoms with Crippen molar-refractivity contribution in [3.05, 3.63) is 76.8 Å². The van der Waals surface area contributed by atoms with Crippen LogP contribution in [0.15, 0.2) is 71.2 Å². The number of anilines is 1. The lowest BCUT2D eigenvalue weighted by atomic mass is 9.91. The van der Waals surface area contributed by atoms with Gasteiger partial charge in [-0.25, -0.2) is 0 Å². The van der Waals surface area contributed by atoms with Gasteiger partial charge in [-0.3, -0.25) is 4.79 Å². The molecule has 2 bridgehead atoms. The Hall–Kier alpha value is -1.87. The molecule has 4 rings (SSSR count). The van der Waals surface area contributed by atoms with E-state index in [0.717, 1.165) is 16.6 Å². The van der Waals surface area contributed by atoms with E-state index in [1.54, 1.807) is 6.08 Å². The van der Waals surface area contributed by atoms with E-state index in [4.69, 9.17) is 0 Å². The molecule has 0 saturated carbocycles. The van der Waals surface area contributed by atoms with Crippen molar-refractivity contribution in [2.45, 2.75) is 24.4 Å². The van der Waals surface area contributed by atoms with Gasteiger partial charge in [-0.05, 0) is 42.3 Å². The average molecular weight is 354 g/mol. The van der Waals surface area contributed by atoms with Gasteiger partial charge in [0.2, 0.25) is 0 Å². The van der Waals surface area contributed by atoms with Gasteiger partial charge in [0, 0.05) is 16.1 Å². The molecule has 2 heterocycles. The number of nitrogens with zero attached hydrogens (tertiary/aromatic N) is 1. The van der Waals surface area contributed by atoms with Crippen molar-refractivity contribution in [2.75, 3.05) is 4.90 Å². The van der Waals surface area contributed by atoms with Gasteiger partial charge in [-0.15, -0.1) is 0 Å². The van der Waals surface area contributed by atoms with E-state index in [0.29, 0.717) is 5.92 Å². The van der Waals surface area contributed by atoms with Gasteiger partial charge in [0.1, 0.15) is 0 Å². The lowest BCUT2D eigenvalue weighted by Gasteiger charge is -2.33. The second-order valence-electron chi connectivity index (χ2n) is 5.90. The van der Waals surface area contributed by atoms with Crippen molar-refractivity contribution < 1.29 is 4.79 Å². The third-order valence-corrected chi connectivity index (χ3v) is 5.21. The summed E-state index contributed by atoms with van der Waals surface area (Å²) in [6.07, 6.45) is 4.73. The van der Waals surface area contributed by atoms with E-state index in [-0.39, 0.29) is 17.9 Å². The summed E-state index contributed by atoms with van der Waals surface area (Å²) < 4.78 is 1.09. The minimum Gasteiger partial charge on any atom is -0.354 e. The van der Waals surface area contributed by atoms with Crippen LogP contribution in [0.3, 0.4) is 0 Å². The first kappa shape index (κ1) is 13.8. The molecule has 3 atom stereocenters. The smallest absolute Gasteiger partial charge is 0.177 e. The summed E-state index contributed by atoms with van der Waals surface area (Å²) in [5.41, 5.74) is 2.44. The highest BCUT2D eigenvalue weighted by atomic mass is 79.9. The number of hydrogen-bond acceptors (Lipinski definition) is 2. The Morgan fingerprint density at radius 3 is 2.45 bits per heavy atom. The van der Waals surface area contributed by atoms with Crippen LogP contribution < -0.4 is 4.90 Å². The van der Waals surface area contributed by atoms with Crippen LogP contribution in [0.25, 0.3) is 0 Å². The number of carbonyl (C=O) groups excluding carboxylic acids is 1. The fraction of sp³-hybridized carbons (Fsp3) is 0.211. The van der Waals surface area contributed by atoms with Crippen molar-refractivity contribution in [1.82, 2.24) is 0 Å². The van der Waals surface area contributed by atoms with Crippen LogP contribution in [0, 0.1) is 0 Å². The van der Waals surface area contributed by atoms with Crippen molar-refractivity contribution in [3.63, 3.8) is 0 Å². The predicted octanol–water partition coefficient (Wildman–Crippen LogP) is 4.32. The molecule has 2 nitrogen and oxygen atoms in total. The summed E-state index contributed by atoms with van der Waals surface area (Å²) in [4.78, 5) is 14.6. The molecule has 3 unspecified atom stereocenters. The molecule has 2 aromatic carbocycles. The van der Waals surface area contributed by atoms with Crippen LogP contribution in [-0.4, -0.2) is 17.9 Å².